The molecule has 0 aliphatic rings. The first-order chi connectivity index (χ1) is 9.22. The number of halogens is 2. The van der Waals surface area contributed by atoms with Crippen LogP contribution in [0.3, 0.4) is 0 Å². The van der Waals surface area contributed by atoms with Crippen molar-refractivity contribution in [3.8, 4) is 0 Å². The van der Waals surface area contributed by atoms with Crippen molar-refractivity contribution in [1.82, 2.24) is 4.98 Å². The third-order valence-corrected chi connectivity index (χ3v) is 4.55. The monoisotopic (exact) mass is 352 g/mol. The zero-order chi connectivity index (χ0) is 13.2. The van der Waals surface area contributed by atoms with E-state index in [0.29, 0.717) is 0 Å². The molecule has 0 saturated heterocycles. The van der Waals surface area contributed by atoms with Gasteiger partial charge in [0.15, 0.2) is 0 Å². The van der Waals surface area contributed by atoms with Gasteiger partial charge in [-0.15, -0.1) is 11.3 Å². The van der Waals surface area contributed by atoms with Gasteiger partial charge in [0, 0.05) is 23.2 Å². The Morgan fingerprint density at radius 3 is 3.00 bits per heavy atom. The number of rotatable bonds is 3. The molecule has 2 nitrogen and oxygen atoms in total. The second kappa shape index (κ2) is 5.49. The first-order valence-electron chi connectivity index (χ1n) is 5.73. The molecule has 3 aromatic rings. The number of nitrogens with one attached hydrogen (secondary N) is 1. The Labute approximate surface area is 128 Å². The molecule has 0 fully saturated rings. The van der Waals surface area contributed by atoms with Gasteiger partial charge < -0.3 is 5.32 Å². The summed E-state index contributed by atoms with van der Waals surface area (Å²) in [7, 11) is 0. The van der Waals surface area contributed by atoms with Gasteiger partial charge in [-0.1, -0.05) is 17.7 Å². The molecule has 0 bridgehead atoms. The van der Waals surface area contributed by atoms with E-state index in [0.717, 1.165) is 31.9 Å². The fourth-order valence-corrected chi connectivity index (χ4v) is 3.36. The second-order valence-electron chi connectivity index (χ2n) is 4.14. The molecule has 19 heavy (non-hydrogen) atoms. The Balaban J connectivity index is 1.91. The van der Waals surface area contributed by atoms with E-state index in [1.165, 1.54) is 5.56 Å². The topological polar surface area (TPSA) is 24.9 Å². The van der Waals surface area contributed by atoms with Crippen molar-refractivity contribution in [1.29, 1.82) is 0 Å². The normalized spacial score (nSPS) is 10.8. The summed E-state index contributed by atoms with van der Waals surface area (Å²) >= 11 is 11.3. The Morgan fingerprint density at radius 2 is 2.21 bits per heavy atom. The zero-order valence-corrected chi connectivity index (χ0v) is 13.0. The van der Waals surface area contributed by atoms with Crippen LogP contribution in [0, 0.1) is 0 Å². The second-order valence-corrected chi connectivity index (χ2v) is 6.87. The molecule has 0 amide bonds. The molecule has 1 aromatic carbocycles. The van der Waals surface area contributed by atoms with Crippen molar-refractivity contribution < 1.29 is 0 Å². The summed E-state index contributed by atoms with van der Waals surface area (Å²) in [5, 5.41) is 7.28. The highest BCUT2D eigenvalue weighted by Gasteiger charge is 2.05. The molecule has 96 valence electrons. The summed E-state index contributed by atoms with van der Waals surface area (Å²) in [6.07, 6.45) is 1.79. The Kier molecular flexibility index (Phi) is 3.73. The maximum absolute atomic E-state index is 6.14. The van der Waals surface area contributed by atoms with Crippen LogP contribution in [0.15, 0.2) is 45.7 Å². The largest absolute Gasteiger partial charge is 0.379 e. The molecule has 0 spiro atoms. The van der Waals surface area contributed by atoms with Crippen LogP contribution in [-0.4, -0.2) is 4.98 Å². The summed E-state index contributed by atoms with van der Waals surface area (Å²) in [6, 6.07) is 9.88. The Morgan fingerprint density at radius 1 is 1.32 bits per heavy atom. The molecule has 0 aliphatic carbocycles. The zero-order valence-electron chi connectivity index (χ0n) is 9.86. The molecule has 0 atom stereocenters. The third kappa shape index (κ3) is 2.91. The van der Waals surface area contributed by atoms with Crippen molar-refractivity contribution in [2.75, 3.05) is 5.32 Å². The minimum Gasteiger partial charge on any atom is -0.379 e. The van der Waals surface area contributed by atoms with Crippen molar-refractivity contribution in [2.45, 2.75) is 6.54 Å². The van der Waals surface area contributed by atoms with Gasteiger partial charge in [0.05, 0.1) is 15.0 Å². The minimum absolute atomic E-state index is 0.717. The fourth-order valence-electron chi connectivity index (χ4n) is 1.93. The number of hydrogen-bond donors (Lipinski definition) is 1. The van der Waals surface area contributed by atoms with E-state index in [-0.39, 0.29) is 0 Å². The lowest BCUT2D eigenvalue weighted by Crippen LogP contribution is -1.99. The highest BCUT2D eigenvalue weighted by Crippen LogP contribution is 2.27. The fraction of sp³-hybridized carbons (Fsp3) is 0.0714. The molecule has 0 unspecified atom stereocenters. The number of fused-ring (bicyclic) bond motifs is 1. The maximum atomic E-state index is 6.14. The maximum Gasteiger partial charge on any atom is 0.0934 e. The first kappa shape index (κ1) is 12.9. The third-order valence-electron chi connectivity index (χ3n) is 2.77. The molecule has 0 saturated carbocycles. The molecule has 5 heteroatoms. The lowest BCUT2D eigenvalue weighted by Gasteiger charge is -2.09. The van der Waals surface area contributed by atoms with Gasteiger partial charge in [-0.05, 0) is 51.1 Å². The highest BCUT2D eigenvalue weighted by atomic mass is 79.9. The van der Waals surface area contributed by atoms with Crippen LogP contribution in [0.1, 0.15) is 5.56 Å². The summed E-state index contributed by atoms with van der Waals surface area (Å²) in [4.78, 5) is 4.41. The van der Waals surface area contributed by atoms with E-state index in [9.17, 15) is 0 Å². The van der Waals surface area contributed by atoms with E-state index in [1.807, 2.05) is 24.3 Å². The summed E-state index contributed by atoms with van der Waals surface area (Å²) in [5.74, 6) is 0. The van der Waals surface area contributed by atoms with Crippen LogP contribution in [-0.2, 0) is 6.54 Å². The Bertz CT molecular complexity index is 726. The standard InChI is InChI=1S/C14H10BrClN2S/c15-13-4-9(8-19-13)7-18-12-6-11(16)5-10-2-1-3-17-14(10)12/h1-6,8,18H,7H2. The molecule has 2 aromatic heterocycles. The molecule has 0 radical (unpaired) electrons. The summed E-state index contributed by atoms with van der Waals surface area (Å²) in [5.41, 5.74) is 3.15. The van der Waals surface area contributed by atoms with E-state index >= 15 is 0 Å². The van der Waals surface area contributed by atoms with Gasteiger partial charge in [0.25, 0.3) is 0 Å². The van der Waals surface area contributed by atoms with E-state index in [2.05, 4.69) is 37.7 Å². The van der Waals surface area contributed by atoms with Gasteiger partial charge in [-0.2, -0.15) is 0 Å². The number of benzene rings is 1. The predicted molar refractivity (Wildman–Crippen MR) is 86.1 cm³/mol. The predicted octanol–water partition coefficient (Wildman–Crippen LogP) is 5.32. The Hall–Kier alpha value is -1.10. The average Bonchev–Trinajstić information content (AvgIpc) is 2.81. The number of aromatic nitrogens is 1. The van der Waals surface area contributed by atoms with Crippen molar-refractivity contribution in [2.24, 2.45) is 0 Å². The van der Waals surface area contributed by atoms with Crippen LogP contribution in [0.4, 0.5) is 5.69 Å². The quantitative estimate of drug-likeness (QED) is 0.689. The number of thiophene rings is 1. The molecule has 1 N–H and O–H groups in total. The smallest absolute Gasteiger partial charge is 0.0934 e. The number of nitrogens with zero attached hydrogens (tertiary/aromatic N) is 1. The molecule has 0 aliphatic heterocycles. The van der Waals surface area contributed by atoms with E-state index in [1.54, 1.807) is 17.5 Å². The molecular weight excluding hydrogens is 344 g/mol. The number of hydrogen-bond acceptors (Lipinski definition) is 3. The minimum atomic E-state index is 0.717. The average molecular weight is 354 g/mol. The van der Waals surface area contributed by atoms with Crippen molar-refractivity contribution in [3.63, 3.8) is 0 Å². The molecular formula is C14H10BrClN2S. The van der Waals surface area contributed by atoms with Crippen LogP contribution in [0.5, 0.6) is 0 Å². The lowest BCUT2D eigenvalue weighted by atomic mass is 10.2. The van der Waals surface area contributed by atoms with Gasteiger partial charge in [-0.25, -0.2) is 0 Å². The summed E-state index contributed by atoms with van der Waals surface area (Å²) < 4.78 is 1.14. The van der Waals surface area contributed by atoms with Crippen LogP contribution >= 0.6 is 38.9 Å². The van der Waals surface area contributed by atoms with Crippen LogP contribution in [0.2, 0.25) is 5.02 Å². The van der Waals surface area contributed by atoms with Crippen LogP contribution < -0.4 is 5.32 Å². The van der Waals surface area contributed by atoms with Gasteiger partial charge in [-0.3, -0.25) is 4.98 Å². The number of pyridine rings is 1. The van der Waals surface area contributed by atoms with Gasteiger partial charge >= 0.3 is 0 Å². The number of anilines is 1. The SMILES string of the molecule is Clc1cc(NCc2csc(Br)c2)c2ncccc2c1. The molecule has 2 heterocycles. The molecule has 3 rings (SSSR count). The highest BCUT2D eigenvalue weighted by molar-refractivity contribution is 9.11. The first-order valence-corrected chi connectivity index (χ1v) is 7.78. The van der Waals surface area contributed by atoms with Crippen molar-refractivity contribution >= 4 is 55.5 Å². The van der Waals surface area contributed by atoms with Gasteiger partial charge in [0.2, 0.25) is 0 Å². The van der Waals surface area contributed by atoms with Gasteiger partial charge in [0.1, 0.15) is 0 Å². The van der Waals surface area contributed by atoms with Crippen molar-refractivity contribution in [3.05, 3.63) is 56.3 Å². The summed E-state index contributed by atoms with van der Waals surface area (Å²) in [6.45, 7) is 0.758. The van der Waals surface area contributed by atoms with Crippen LogP contribution in [0.25, 0.3) is 10.9 Å². The van der Waals surface area contributed by atoms with E-state index in [4.69, 9.17) is 11.6 Å². The van der Waals surface area contributed by atoms with E-state index < -0.39 is 0 Å². The lowest BCUT2D eigenvalue weighted by molar-refractivity contribution is 1.16.